The second-order valence-electron chi connectivity index (χ2n) is 10.5. The maximum Gasteiger partial charge on any atom is 0.270 e. The van der Waals surface area contributed by atoms with Crippen LogP contribution in [0, 0.1) is 0 Å². The zero-order chi connectivity index (χ0) is 26.9. The highest BCUT2D eigenvalue weighted by Gasteiger charge is 2.26. The number of piperidine rings is 1. The molecule has 3 aromatic heterocycles. The minimum absolute atomic E-state index is 0.0676. The molecule has 1 aliphatic carbocycles. The first-order valence-corrected chi connectivity index (χ1v) is 14.5. The Labute approximate surface area is 230 Å². The molecule has 0 bridgehead atoms. The Morgan fingerprint density at radius 1 is 1.26 bits per heavy atom. The van der Waals surface area contributed by atoms with E-state index in [1.165, 1.54) is 30.6 Å². The average molecular weight is 551 g/mol. The summed E-state index contributed by atoms with van der Waals surface area (Å²) in [5.41, 5.74) is 2.18. The third kappa shape index (κ3) is 5.77. The molecule has 206 valence electrons. The summed E-state index contributed by atoms with van der Waals surface area (Å²) in [6, 6.07) is 6.74. The number of nitrogens with one attached hydrogen (secondary N) is 4. The van der Waals surface area contributed by atoms with Gasteiger partial charge >= 0.3 is 0 Å². The van der Waals surface area contributed by atoms with Crippen molar-refractivity contribution in [1.82, 2.24) is 35.4 Å². The second-order valence-corrected chi connectivity index (χ2v) is 11.6. The van der Waals surface area contributed by atoms with Crippen LogP contribution in [0.4, 0.5) is 5.82 Å². The van der Waals surface area contributed by atoms with E-state index in [1.54, 1.807) is 16.8 Å². The lowest BCUT2D eigenvalue weighted by Gasteiger charge is -2.33. The van der Waals surface area contributed by atoms with Crippen LogP contribution in [0.15, 0.2) is 30.1 Å². The zero-order valence-electron chi connectivity index (χ0n) is 21.9. The summed E-state index contributed by atoms with van der Waals surface area (Å²) in [6.45, 7) is 5.11. The molecule has 2 atom stereocenters. The van der Waals surface area contributed by atoms with Gasteiger partial charge in [-0.1, -0.05) is 6.42 Å². The van der Waals surface area contributed by atoms with Crippen LogP contribution < -0.4 is 21.3 Å². The number of anilines is 1. The number of aliphatic hydroxyl groups excluding tert-OH is 1. The number of likely N-dealkylation sites (tertiary alicyclic amines) is 1. The van der Waals surface area contributed by atoms with E-state index in [9.17, 15) is 14.7 Å². The number of rotatable bonds is 9. The highest BCUT2D eigenvalue weighted by molar-refractivity contribution is 7.17. The zero-order valence-corrected chi connectivity index (χ0v) is 22.8. The van der Waals surface area contributed by atoms with Crippen molar-refractivity contribution in [2.75, 3.05) is 25.0 Å². The molecule has 3 fully saturated rings. The fraction of sp³-hybridized carbons (Fsp3) is 0.481. The quantitative estimate of drug-likeness (QED) is 0.202. The molecule has 0 radical (unpaired) electrons. The van der Waals surface area contributed by atoms with Crippen LogP contribution in [0.3, 0.4) is 0 Å². The lowest BCUT2D eigenvalue weighted by molar-refractivity contribution is -0.117. The van der Waals surface area contributed by atoms with Crippen LogP contribution in [0.1, 0.15) is 60.7 Å². The summed E-state index contributed by atoms with van der Waals surface area (Å²) in [4.78, 5) is 33.9. The van der Waals surface area contributed by atoms with Gasteiger partial charge in [-0.3, -0.25) is 9.59 Å². The van der Waals surface area contributed by atoms with Crippen LogP contribution in [0.2, 0.25) is 0 Å². The Kier molecular flexibility index (Phi) is 7.24. The van der Waals surface area contributed by atoms with Gasteiger partial charge in [-0.25, -0.2) is 4.98 Å². The summed E-state index contributed by atoms with van der Waals surface area (Å²) in [7, 11) is 0. The van der Waals surface area contributed by atoms with Crippen LogP contribution in [0.5, 0.6) is 0 Å². The van der Waals surface area contributed by atoms with E-state index >= 15 is 0 Å². The molecule has 12 heteroatoms. The van der Waals surface area contributed by atoms with Gasteiger partial charge in [0.25, 0.3) is 11.8 Å². The molecule has 0 aromatic carbocycles. The number of fused-ring (bicyclic) bond motifs is 1. The Hall–Kier alpha value is -3.48. The summed E-state index contributed by atoms with van der Waals surface area (Å²) < 4.78 is 1.72. The number of aliphatic hydroxyl groups is 1. The van der Waals surface area contributed by atoms with Gasteiger partial charge in [0.1, 0.15) is 11.5 Å². The van der Waals surface area contributed by atoms with Crippen LogP contribution in [-0.2, 0) is 4.79 Å². The summed E-state index contributed by atoms with van der Waals surface area (Å²) >= 11 is 1.41. The van der Waals surface area contributed by atoms with Gasteiger partial charge in [0.2, 0.25) is 6.35 Å². The molecule has 0 spiro atoms. The van der Waals surface area contributed by atoms with Crippen LogP contribution in [-0.4, -0.2) is 74.5 Å². The second kappa shape index (κ2) is 10.9. The molecule has 3 aliphatic rings. The van der Waals surface area contributed by atoms with Crippen molar-refractivity contribution in [2.24, 2.45) is 0 Å². The number of hydrogen-bond acceptors (Lipinski definition) is 9. The van der Waals surface area contributed by atoms with Crippen molar-refractivity contribution in [3.8, 4) is 10.6 Å². The van der Waals surface area contributed by atoms with E-state index in [2.05, 4.69) is 38.2 Å². The number of hydrogen-bond donors (Lipinski definition) is 5. The number of nitrogens with zero attached hydrogens (tertiary/aromatic N) is 4. The van der Waals surface area contributed by atoms with Crippen molar-refractivity contribution in [3.63, 3.8) is 0 Å². The molecule has 39 heavy (non-hydrogen) atoms. The highest BCUT2D eigenvalue weighted by Crippen LogP contribution is 2.32. The first kappa shape index (κ1) is 25.8. The van der Waals surface area contributed by atoms with Crippen LogP contribution in [0.25, 0.3) is 22.3 Å². The Morgan fingerprint density at radius 3 is 2.90 bits per heavy atom. The summed E-state index contributed by atoms with van der Waals surface area (Å²) in [5, 5.41) is 25.9. The lowest BCUT2D eigenvalue weighted by atomic mass is 10.0. The summed E-state index contributed by atoms with van der Waals surface area (Å²) in [5.74, 6) is 0.341. The third-order valence-electron chi connectivity index (χ3n) is 7.46. The molecule has 6 rings (SSSR count). The monoisotopic (exact) mass is 550 g/mol. The first-order chi connectivity index (χ1) is 18.9. The first-order valence-electron chi connectivity index (χ1n) is 13.7. The van der Waals surface area contributed by atoms with E-state index in [4.69, 9.17) is 4.98 Å². The van der Waals surface area contributed by atoms with E-state index in [0.29, 0.717) is 34.7 Å². The number of aromatic nitrogens is 3. The Balaban J connectivity index is 1.19. The molecule has 2 saturated heterocycles. The normalized spacial score (nSPS) is 22.7. The maximum atomic E-state index is 12.9. The number of carbonyl (C=O) groups excluding carboxylic acids is 2. The van der Waals surface area contributed by atoms with Crippen molar-refractivity contribution in [1.29, 1.82) is 0 Å². The van der Waals surface area contributed by atoms with Gasteiger partial charge in [0.15, 0.2) is 5.65 Å². The summed E-state index contributed by atoms with van der Waals surface area (Å²) in [6.07, 6.45) is 9.12. The van der Waals surface area contributed by atoms with Crippen molar-refractivity contribution >= 4 is 40.7 Å². The highest BCUT2D eigenvalue weighted by atomic mass is 32.1. The molecule has 5 N–H and O–H groups in total. The molecular formula is C27H34N8O3S. The van der Waals surface area contributed by atoms with Gasteiger partial charge in [0.05, 0.1) is 21.6 Å². The standard InChI is InChI=1S/C27H34N8O3S/c1-16-5-2-3-11-34(16)12-4-10-28-26(37)22-9-8-21(39-22)19-14-23(30-18-6-7-18)35-24(31-19)17(15-29-35)13-20-25(36)33-27(38)32-20/h8-9,13-16,18,27,30,32,38H,2-7,10-12H2,1H3,(H,28,37)(H,33,36)/b20-13-. The molecule has 1 saturated carbocycles. The maximum absolute atomic E-state index is 12.9. The molecular weight excluding hydrogens is 516 g/mol. The topological polar surface area (TPSA) is 136 Å². The van der Waals surface area contributed by atoms with Crippen molar-refractivity contribution in [2.45, 2.75) is 63.9 Å². The van der Waals surface area contributed by atoms with E-state index in [0.717, 1.165) is 48.7 Å². The fourth-order valence-corrected chi connectivity index (χ4v) is 6.00. The largest absolute Gasteiger partial charge is 0.367 e. The smallest absolute Gasteiger partial charge is 0.270 e. The molecule has 2 unspecified atom stereocenters. The Morgan fingerprint density at radius 2 is 2.13 bits per heavy atom. The van der Waals surface area contributed by atoms with E-state index < -0.39 is 12.3 Å². The van der Waals surface area contributed by atoms with Crippen molar-refractivity contribution < 1.29 is 14.7 Å². The molecule has 5 heterocycles. The van der Waals surface area contributed by atoms with Gasteiger partial charge in [0, 0.05) is 36.8 Å². The van der Waals surface area contributed by atoms with Gasteiger partial charge < -0.3 is 31.3 Å². The van der Waals surface area contributed by atoms with Gasteiger partial charge in [-0.2, -0.15) is 9.61 Å². The van der Waals surface area contributed by atoms with E-state index in [-0.39, 0.29) is 11.6 Å². The number of amides is 2. The third-order valence-corrected chi connectivity index (χ3v) is 8.57. The SMILES string of the molecule is CC1CCCCN1CCCNC(=O)c1ccc(-c2cc(NC3CC3)n3ncc(/C=C4\NC(O)NC4=O)c3n2)s1. The predicted molar refractivity (Wildman–Crippen MR) is 150 cm³/mol. The molecule has 2 aliphatic heterocycles. The van der Waals surface area contributed by atoms with Gasteiger partial charge in [-0.05, 0) is 63.8 Å². The van der Waals surface area contributed by atoms with Gasteiger partial charge in [-0.15, -0.1) is 11.3 Å². The fourth-order valence-electron chi connectivity index (χ4n) is 5.12. The molecule has 3 aromatic rings. The average Bonchev–Trinajstić information content (AvgIpc) is 3.29. The number of carbonyl (C=O) groups is 2. The van der Waals surface area contributed by atoms with Crippen molar-refractivity contribution in [3.05, 3.63) is 40.5 Å². The Bertz CT molecular complexity index is 1410. The molecule has 2 amide bonds. The minimum Gasteiger partial charge on any atom is -0.367 e. The van der Waals surface area contributed by atoms with Crippen LogP contribution >= 0.6 is 11.3 Å². The predicted octanol–water partition coefficient (Wildman–Crippen LogP) is 2.36. The van der Waals surface area contributed by atoms with E-state index in [1.807, 2.05) is 18.2 Å². The minimum atomic E-state index is -1.12. The number of thiophene rings is 1. The molecule has 11 nitrogen and oxygen atoms in total. The lowest BCUT2D eigenvalue weighted by Crippen LogP contribution is -2.39.